The molecular weight excluding hydrogens is 513 g/mol. The normalized spacial score (nSPS) is 13.3. The summed E-state index contributed by atoms with van der Waals surface area (Å²) in [6.45, 7) is 2.30. The molecular formula is C25H18Cl3N3O4. The monoisotopic (exact) mass is 529 g/mol. The summed E-state index contributed by atoms with van der Waals surface area (Å²) in [6, 6.07) is 18.1. The molecule has 0 spiro atoms. The lowest BCUT2D eigenvalue weighted by Gasteiger charge is -2.17. The highest BCUT2D eigenvalue weighted by Gasteiger charge is 2.40. The number of nitrogens with one attached hydrogen (secondary N) is 2. The summed E-state index contributed by atoms with van der Waals surface area (Å²) in [7, 11) is 0. The van der Waals surface area contributed by atoms with E-state index in [-0.39, 0.29) is 32.4 Å². The summed E-state index contributed by atoms with van der Waals surface area (Å²) >= 11 is 18.4. The van der Waals surface area contributed by atoms with E-state index in [0.29, 0.717) is 29.3 Å². The zero-order chi connectivity index (χ0) is 25.1. The molecule has 10 heteroatoms. The van der Waals surface area contributed by atoms with E-state index < -0.39 is 11.8 Å². The minimum atomic E-state index is -0.746. The first-order valence-corrected chi connectivity index (χ1v) is 11.6. The molecule has 7 nitrogen and oxygen atoms in total. The van der Waals surface area contributed by atoms with Crippen LogP contribution >= 0.6 is 34.8 Å². The van der Waals surface area contributed by atoms with Crippen molar-refractivity contribution < 1.29 is 19.1 Å². The maximum absolute atomic E-state index is 13.1. The fraction of sp³-hybridized carbons (Fsp3) is 0.0800. The first-order valence-electron chi connectivity index (χ1n) is 10.4. The molecule has 1 heterocycles. The first kappa shape index (κ1) is 24.6. The van der Waals surface area contributed by atoms with Gasteiger partial charge in [0, 0.05) is 11.3 Å². The Bertz CT molecular complexity index is 1370. The van der Waals surface area contributed by atoms with Gasteiger partial charge in [-0.1, -0.05) is 59.1 Å². The van der Waals surface area contributed by atoms with Crippen molar-refractivity contribution in [2.24, 2.45) is 0 Å². The van der Waals surface area contributed by atoms with Crippen LogP contribution in [0.2, 0.25) is 10.0 Å². The molecule has 2 N–H and O–H groups in total. The fourth-order valence-electron chi connectivity index (χ4n) is 3.42. The van der Waals surface area contributed by atoms with Crippen molar-refractivity contribution in [3.8, 4) is 5.75 Å². The van der Waals surface area contributed by atoms with Gasteiger partial charge in [0.05, 0.1) is 28.0 Å². The second-order valence-electron chi connectivity index (χ2n) is 7.30. The Hall–Kier alpha value is -3.52. The number of halogens is 3. The fourth-order valence-corrected chi connectivity index (χ4v) is 4.02. The highest BCUT2D eigenvalue weighted by Crippen LogP contribution is 2.37. The molecule has 1 aliphatic rings. The van der Waals surface area contributed by atoms with Crippen LogP contribution in [0.15, 0.2) is 77.5 Å². The van der Waals surface area contributed by atoms with Crippen LogP contribution in [-0.4, -0.2) is 24.3 Å². The largest absolute Gasteiger partial charge is 0.492 e. The van der Waals surface area contributed by atoms with E-state index in [2.05, 4.69) is 10.6 Å². The van der Waals surface area contributed by atoms with E-state index in [1.165, 1.54) is 18.2 Å². The average molecular weight is 531 g/mol. The summed E-state index contributed by atoms with van der Waals surface area (Å²) in [6.07, 6.45) is 0. The van der Waals surface area contributed by atoms with E-state index in [4.69, 9.17) is 39.5 Å². The minimum Gasteiger partial charge on any atom is -0.492 e. The van der Waals surface area contributed by atoms with Gasteiger partial charge in [0.25, 0.3) is 17.7 Å². The van der Waals surface area contributed by atoms with Crippen LogP contribution in [0.4, 0.5) is 17.1 Å². The maximum atomic E-state index is 13.1. The highest BCUT2D eigenvalue weighted by atomic mass is 35.5. The van der Waals surface area contributed by atoms with Crippen LogP contribution in [-0.2, 0) is 9.59 Å². The Morgan fingerprint density at radius 3 is 2.46 bits per heavy atom. The second kappa shape index (κ2) is 10.4. The van der Waals surface area contributed by atoms with Crippen molar-refractivity contribution in [2.75, 3.05) is 22.1 Å². The van der Waals surface area contributed by atoms with Gasteiger partial charge < -0.3 is 15.4 Å². The van der Waals surface area contributed by atoms with E-state index in [0.717, 1.165) is 4.90 Å². The number of imide groups is 1. The molecule has 3 aromatic carbocycles. The highest BCUT2D eigenvalue weighted by molar-refractivity contribution is 6.54. The smallest absolute Gasteiger partial charge is 0.283 e. The number of rotatable bonds is 7. The lowest BCUT2D eigenvalue weighted by atomic mass is 10.1. The van der Waals surface area contributed by atoms with Crippen molar-refractivity contribution in [1.82, 2.24) is 0 Å². The van der Waals surface area contributed by atoms with Gasteiger partial charge in [0.15, 0.2) is 0 Å². The molecule has 35 heavy (non-hydrogen) atoms. The summed E-state index contributed by atoms with van der Waals surface area (Å²) in [5, 5.41) is 5.58. The summed E-state index contributed by atoms with van der Waals surface area (Å²) < 4.78 is 5.54. The number of hydrogen-bond acceptors (Lipinski definition) is 5. The molecule has 0 radical (unpaired) electrons. The quantitative estimate of drug-likeness (QED) is 0.362. The number of carbonyl (C=O) groups excluding carboxylic acids is 3. The Labute approximate surface area is 216 Å². The molecule has 3 amide bonds. The van der Waals surface area contributed by atoms with E-state index in [9.17, 15) is 14.4 Å². The molecule has 4 rings (SSSR count). The van der Waals surface area contributed by atoms with Crippen LogP contribution in [0.5, 0.6) is 5.75 Å². The lowest BCUT2D eigenvalue weighted by molar-refractivity contribution is -0.120. The van der Waals surface area contributed by atoms with Crippen LogP contribution < -0.4 is 20.3 Å². The third-order valence-electron chi connectivity index (χ3n) is 5.03. The predicted molar refractivity (Wildman–Crippen MR) is 137 cm³/mol. The molecule has 0 aliphatic carbocycles. The van der Waals surface area contributed by atoms with Crippen molar-refractivity contribution >= 4 is 69.6 Å². The zero-order valence-corrected chi connectivity index (χ0v) is 20.5. The molecule has 0 saturated carbocycles. The number of para-hydroxylation sites is 2. The molecule has 0 fully saturated rings. The van der Waals surface area contributed by atoms with Gasteiger partial charge in [-0.3, -0.25) is 14.4 Å². The van der Waals surface area contributed by atoms with Gasteiger partial charge in [-0.05, 0) is 49.4 Å². The van der Waals surface area contributed by atoms with E-state index in [1.807, 2.05) is 13.0 Å². The molecule has 178 valence electrons. The predicted octanol–water partition coefficient (Wildman–Crippen LogP) is 6.08. The van der Waals surface area contributed by atoms with Crippen LogP contribution in [0.1, 0.15) is 17.3 Å². The van der Waals surface area contributed by atoms with Gasteiger partial charge >= 0.3 is 0 Å². The summed E-state index contributed by atoms with van der Waals surface area (Å²) in [4.78, 5) is 39.5. The lowest BCUT2D eigenvalue weighted by Crippen LogP contribution is -2.32. The number of hydrogen-bond donors (Lipinski definition) is 2. The van der Waals surface area contributed by atoms with Crippen molar-refractivity contribution in [1.29, 1.82) is 0 Å². The van der Waals surface area contributed by atoms with Gasteiger partial charge in [0.2, 0.25) is 0 Å². The standard InChI is InChI=1S/C25H18Cl3N3O4/c1-2-35-19-12-4-3-10-17(19)30-23(32)14-7-5-8-15(13-14)29-22-21(28)24(33)31(25(22)34)18-11-6-9-16(26)20(18)27/h3-13,29H,2H2,1H3,(H,30,32). The molecule has 0 atom stereocenters. The minimum absolute atomic E-state index is 0.0487. The van der Waals surface area contributed by atoms with Crippen LogP contribution in [0.3, 0.4) is 0 Å². The molecule has 3 aromatic rings. The number of benzene rings is 3. The maximum Gasteiger partial charge on any atom is 0.283 e. The van der Waals surface area contributed by atoms with Crippen molar-refractivity contribution in [3.05, 3.63) is 93.1 Å². The number of carbonyl (C=O) groups is 3. The van der Waals surface area contributed by atoms with Crippen LogP contribution in [0, 0.1) is 0 Å². The number of nitrogens with zero attached hydrogens (tertiary/aromatic N) is 1. The van der Waals surface area contributed by atoms with Crippen molar-refractivity contribution in [2.45, 2.75) is 6.92 Å². The van der Waals surface area contributed by atoms with Gasteiger partial charge in [-0.15, -0.1) is 0 Å². The summed E-state index contributed by atoms with van der Waals surface area (Å²) in [5.41, 5.74) is 1.18. The molecule has 0 bridgehead atoms. The van der Waals surface area contributed by atoms with Gasteiger partial charge in [0.1, 0.15) is 16.5 Å². The van der Waals surface area contributed by atoms with E-state index in [1.54, 1.807) is 42.5 Å². The Morgan fingerprint density at radius 2 is 1.69 bits per heavy atom. The van der Waals surface area contributed by atoms with Crippen molar-refractivity contribution in [3.63, 3.8) is 0 Å². The third-order valence-corrected chi connectivity index (χ3v) is 6.19. The average Bonchev–Trinajstić information content (AvgIpc) is 3.05. The van der Waals surface area contributed by atoms with Crippen LogP contribution in [0.25, 0.3) is 0 Å². The molecule has 0 saturated heterocycles. The number of ether oxygens (including phenoxy) is 1. The SMILES string of the molecule is CCOc1ccccc1NC(=O)c1cccc(NC2=C(Cl)C(=O)N(c3cccc(Cl)c3Cl)C2=O)c1. The Morgan fingerprint density at radius 1 is 0.943 bits per heavy atom. The van der Waals surface area contributed by atoms with Gasteiger partial charge in [-0.25, -0.2) is 4.90 Å². The zero-order valence-electron chi connectivity index (χ0n) is 18.3. The second-order valence-corrected chi connectivity index (χ2v) is 8.46. The molecule has 0 aromatic heterocycles. The Balaban J connectivity index is 1.56. The topological polar surface area (TPSA) is 87.7 Å². The van der Waals surface area contributed by atoms with E-state index >= 15 is 0 Å². The number of anilines is 3. The number of amides is 3. The Kier molecular flexibility index (Phi) is 7.31. The first-order chi connectivity index (χ1) is 16.8. The summed E-state index contributed by atoms with van der Waals surface area (Å²) in [5.74, 6) is -1.29. The third kappa shape index (κ3) is 4.98. The molecule has 1 aliphatic heterocycles. The van der Waals surface area contributed by atoms with Gasteiger partial charge in [-0.2, -0.15) is 0 Å². The molecule has 0 unspecified atom stereocenters.